The molecular formula is C7H8N4O. The molecule has 0 unspecified atom stereocenters. The fraction of sp³-hybridized carbons (Fsp3) is 0.143. The topological polar surface area (TPSA) is 87.6 Å². The van der Waals surface area contributed by atoms with Crippen LogP contribution in [-0.4, -0.2) is 15.2 Å². The van der Waals surface area contributed by atoms with E-state index >= 15 is 0 Å². The molecule has 0 atom stereocenters. The Labute approximate surface area is 67.6 Å². The van der Waals surface area contributed by atoms with E-state index in [1.807, 2.05) is 0 Å². The molecule has 12 heavy (non-hydrogen) atoms. The molecule has 0 spiro atoms. The summed E-state index contributed by atoms with van der Waals surface area (Å²) in [5.74, 6) is 0. The minimum absolute atomic E-state index is 0.171. The molecule has 5 heteroatoms. The van der Waals surface area contributed by atoms with Crippen molar-refractivity contribution in [2.24, 2.45) is 0 Å². The van der Waals surface area contributed by atoms with Gasteiger partial charge in [0.05, 0.1) is 17.3 Å². The Hall–Kier alpha value is -1.78. The summed E-state index contributed by atoms with van der Waals surface area (Å²) < 4.78 is 0. The van der Waals surface area contributed by atoms with Gasteiger partial charge in [0.15, 0.2) is 0 Å². The highest BCUT2D eigenvalue weighted by molar-refractivity contribution is 5.77. The van der Waals surface area contributed by atoms with E-state index < -0.39 is 0 Å². The molecule has 0 saturated heterocycles. The first-order valence-electron chi connectivity index (χ1n) is 3.51. The van der Waals surface area contributed by atoms with Gasteiger partial charge < -0.3 is 10.7 Å². The van der Waals surface area contributed by atoms with Gasteiger partial charge in [-0.3, -0.25) is 9.89 Å². The van der Waals surface area contributed by atoms with Crippen molar-refractivity contribution >= 4 is 16.7 Å². The van der Waals surface area contributed by atoms with E-state index in [-0.39, 0.29) is 11.1 Å². The third kappa shape index (κ3) is 0.730. The minimum atomic E-state index is -0.171. The number of nitrogens with zero attached hydrogens (tertiary/aromatic N) is 1. The van der Waals surface area contributed by atoms with Crippen molar-refractivity contribution < 1.29 is 0 Å². The van der Waals surface area contributed by atoms with Crippen LogP contribution in [0.25, 0.3) is 11.0 Å². The van der Waals surface area contributed by atoms with Crippen LogP contribution in [-0.2, 0) is 0 Å². The number of hydrogen-bond acceptors (Lipinski definition) is 3. The highest BCUT2D eigenvalue weighted by atomic mass is 16.1. The number of fused-ring (bicyclic) bond motifs is 1. The maximum Gasteiger partial charge on any atom is 0.215 e. The number of hydrogen-bond donors (Lipinski definition) is 3. The van der Waals surface area contributed by atoms with Crippen LogP contribution in [0.15, 0.2) is 11.0 Å². The SMILES string of the molecule is Cc1[nH]c2[nH]ncc2c(=O)c1N. The fourth-order valence-corrected chi connectivity index (χ4v) is 1.12. The number of aromatic nitrogens is 3. The van der Waals surface area contributed by atoms with Gasteiger partial charge in [0.2, 0.25) is 5.43 Å². The molecule has 5 nitrogen and oxygen atoms in total. The molecule has 4 N–H and O–H groups in total. The first-order valence-corrected chi connectivity index (χ1v) is 3.51. The van der Waals surface area contributed by atoms with Gasteiger partial charge in [-0.25, -0.2) is 0 Å². The molecule has 0 radical (unpaired) electrons. The van der Waals surface area contributed by atoms with Crippen LogP contribution in [0.4, 0.5) is 5.69 Å². The molecule has 0 aliphatic heterocycles. The van der Waals surface area contributed by atoms with Gasteiger partial charge in [-0.05, 0) is 6.92 Å². The van der Waals surface area contributed by atoms with Crippen molar-refractivity contribution in [3.05, 3.63) is 22.1 Å². The first-order chi connectivity index (χ1) is 5.70. The summed E-state index contributed by atoms with van der Waals surface area (Å²) in [6.07, 6.45) is 1.46. The smallest absolute Gasteiger partial charge is 0.215 e. The Morgan fingerprint density at radius 2 is 2.33 bits per heavy atom. The van der Waals surface area contributed by atoms with Crippen molar-refractivity contribution in [1.82, 2.24) is 15.2 Å². The molecule has 0 aliphatic rings. The predicted molar refractivity (Wildman–Crippen MR) is 45.9 cm³/mol. The van der Waals surface area contributed by atoms with Gasteiger partial charge >= 0.3 is 0 Å². The van der Waals surface area contributed by atoms with Crippen molar-refractivity contribution in [3.63, 3.8) is 0 Å². The molecule has 0 bridgehead atoms. The number of nitrogens with two attached hydrogens (primary N) is 1. The zero-order chi connectivity index (χ0) is 8.72. The Kier molecular flexibility index (Phi) is 1.21. The summed E-state index contributed by atoms with van der Waals surface area (Å²) in [6, 6.07) is 0. The molecule has 0 saturated carbocycles. The summed E-state index contributed by atoms with van der Waals surface area (Å²) >= 11 is 0. The highest BCUT2D eigenvalue weighted by Crippen LogP contribution is 2.07. The molecule has 2 aromatic heterocycles. The van der Waals surface area contributed by atoms with Crippen LogP contribution in [0, 0.1) is 6.92 Å². The summed E-state index contributed by atoms with van der Waals surface area (Å²) in [5, 5.41) is 6.90. The van der Waals surface area contributed by atoms with Gasteiger partial charge in [-0.1, -0.05) is 0 Å². The lowest BCUT2D eigenvalue weighted by molar-refractivity contribution is 1.09. The molecule has 2 rings (SSSR count). The van der Waals surface area contributed by atoms with Crippen LogP contribution in [0.2, 0.25) is 0 Å². The van der Waals surface area contributed by atoms with Crippen molar-refractivity contribution in [2.45, 2.75) is 6.92 Å². The molecular weight excluding hydrogens is 156 g/mol. The monoisotopic (exact) mass is 164 g/mol. The molecule has 0 amide bonds. The van der Waals surface area contributed by atoms with Crippen LogP contribution in [0.5, 0.6) is 0 Å². The van der Waals surface area contributed by atoms with Crippen LogP contribution in [0.1, 0.15) is 5.69 Å². The maximum atomic E-state index is 11.4. The van der Waals surface area contributed by atoms with E-state index in [9.17, 15) is 4.79 Å². The predicted octanol–water partition coefficient (Wildman–Crippen LogP) is 0.142. The molecule has 62 valence electrons. The van der Waals surface area contributed by atoms with Gasteiger partial charge in [0, 0.05) is 5.69 Å². The number of anilines is 1. The fourth-order valence-electron chi connectivity index (χ4n) is 1.12. The Bertz CT molecular complexity index is 482. The van der Waals surface area contributed by atoms with Crippen molar-refractivity contribution in [1.29, 1.82) is 0 Å². The largest absolute Gasteiger partial charge is 0.394 e. The van der Waals surface area contributed by atoms with E-state index in [0.29, 0.717) is 16.7 Å². The molecule has 0 fully saturated rings. The van der Waals surface area contributed by atoms with Gasteiger partial charge in [0.1, 0.15) is 5.65 Å². The lowest BCUT2D eigenvalue weighted by Crippen LogP contribution is -2.11. The van der Waals surface area contributed by atoms with Crippen LogP contribution in [0.3, 0.4) is 0 Å². The third-order valence-corrected chi connectivity index (χ3v) is 1.85. The quantitative estimate of drug-likeness (QED) is 0.517. The number of aromatic amines is 2. The number of H-pyrrole nitrogens is 2. The summed E-state index contributed by atoms with van der Waals surface area (Å²) in [4.78, 5) is 14.3. The van der Waals surface area contributed by atoms with E-state index in [4.69, 9.17) is 5.73 Å². The Balaban J connectivity index is 3.05. The highest BCUT2D eigenvalue weighted by Gasteiger charge is 2.06. The van der Waals surface area contributed by atoms with Gasteiger partial charge in [0.25, 0.3) is 0 Å². The zero-order valence-corrected chi connectivity index (χ0v) is 6.51. The summed E-state index contributed by atoms with van der Waals surface area (Å²) in [7, 11) is 0. The lowest BCUT2D eigenvalue weighted by Gasteiger charge is -1.97. The second-order valence-corrected chi connectivity index (χ2v) is 2.65. The lowest BCUT2D eigenvalue weighted by atomic mass is 10.2. The Morgan fingerprint density at radius 1 is 1.58 bits per heavy atom. The van der Waals surface area contributed by atoms with E-state index in [1.54, 1.807) is 6.92 Å². The second kappa shape index (κ2) is 2.10. The van der Waals surface area contributed by atoms with E-state index in [2.05, 4.69) is 15.2 Å². The number of nitrogen functional groups attached to an aromatic ring is 1. The molecule has 2 aromatic rings. The normalized spacial score (nSPS) is 10.8. The molecule has 0 aromatic carbocycles. The summed E-state index contributed by atoms with van der Waals surface area (Å²) in [6.45, 7) is 1.75. The minimum Gasteiger partial charge on any atom is -0.394 e. The third-order valence-electron chi connectivity index (χ3n) is 1.85. The average Bonchev–Trinajstić information content (AvgIpc) is 2.48. The second-order valence-electron chi connectivity index (χ2n) is 2.65. The zero-order valence-electron chi connectivity index (χ0n) is 6.51. The molecule has 2 heterocycles. The number of nitrogens with one attached hydrogen (secondary N) is 2. The number of rotatable bonds is 0. The van der Waals surface area contributed by atoms with E-state index in [1.165, 1.54) is 6.20 Å². The number of pyridine rings is 1. The van der Waals surface area contributed by atoms with Crippen molar-refractivity contribution in [2.75, 3.05) is 5.73 Å². The van der Waals surface area contributed by atoms with Crippen LogP contribution < -0.4 is 11.2 Å². The average molecular weight is 164 g/mol. The Morgan fingerprint density at radius 3 is 3.08 bits per heavy atom. The maximum absolute atomic E-state index is 11.4. The molecule has 0 aliphatic carbocycles. The van der Waals surface area contributed by atoms with Crippen molar-refractivity contribution in [3.8, 4) is 0 Å². The van der Waals surface area contributed by atoms with Gasteiger partial charge in [-0.15, -0.1) is 0 Å². The van der Waals surface area contributed by atoms with Gasteiger partial charge in [-0.2, -0.15) is 5.10 Å². The van der Waals surface area contributed by atoms with Crippen LogP contribution >= 0.6 is 0 Å². The number of aryl methyl sites for hydroxylation is 1. The van der Waals surface area contributed by atoms with E-state index in [0.717, 1.165) is 0 Å². The summed E-state index contributed by atoms with van der Waals surface area (Å²) in [5.41, 5.74) is 6.89. The first kappa shape index (κ1) is 6.90. The standard InChI is InChI=1S/C7H8N4O/c1-3-5(8)6(12)4-2-9-11-7(4)10-3/h2H,8H2,1H3,(H2,9,10,11,12).